The summed E-state index contributed by atoms with van der Waals surface area (Å²) in [6.07, 6.45) is -0.438. The molecule has 0 fully saturated rings. The van der Waals surface area contributed by atoms with E-state index in [1.165, 1.54) is 13.8 Å². The van der Waals surface area contributed by atoms with Gasteiger partial charge in [-0.25, -0.2) is 4.79 Å². The van der Waals surface area contributed by atoms with Gasteiger partial charge in [0.1, 0.15) is 12.1 Å². The zero-order valence-corrected chi connectivity index (χ0v) is 19.0. The van der Waals surface area contributed by atoms with Gasteiger partial charge in [-0.3, -0.25) is 19.4 Å². The van der Waals surface area contributed by atoms with Crippen LogP contribution in [0.2, 0.25) is 0 Å². The molecule has 0 saturated carbocycles. The number of amides is 3. The van der Waals surface area contributed by atoms with Gasteiger partial charge in [0.25, 0.3) is 0 Å². The maximum absolute atomic E-state index is 12.9. The average Bonchev–Trinajstić information content (AvgIpc) is 2.70. The van der Waals surface area contributed by atoms with E-state index in [1.54, 1.807) is 6.92 Å². The fraction of sp³-hybridized carbons (Fsp3) is 0.737. The molecule has 0 aromatic carbocycles. The summed E-state index contributed by atoms with van der Waals surface area (Å²) in [7, 11) is 0. The Bertz CT molecular complexity index is 679. The topological polar surface area (TPSA) is 235 Å². The molecule has 11 N–H and O–H groups in total. The Labute approximate surface area is 187 Å². The van der Waals surface area contributed by atoms with Crippen molar-refractivity contribution in [2.75, 3.05) is 6.54 Å². The van der Waals surface area contributed by atoms with E-state index in [2.05, 4.69) is 20.9 Å². The van der Waals surface area contributed by atoms with Gasteiger partial charge in [0, 0.05) is 6.54 Å². The molecule has 0 spiro atoms. The third kappa shape index (κ3) is 10.4. The SMILES string of the molecule is CCC(C)C(NC(=O)C(C)N)C(=O)NC(CCCN=C(N)N)C(=O)NC(C(=O)O)C(C)O. The summed E-state index contributed by atoms with van der Waals surface area (Å²) in [5, 5.41) is 26.2. The summed E-state index contributed by atoms with van der Waals surface area (Å²) in [4.78, 5) is 52.8. The molecular weight excluding hydrogens is 422 g/mol. The van der Waals surface area contributed by atoms with Crippen LogP contribution in [0.15, 0.2) is 4.99 Å². The molecule has 0 aliphatic carbocycles. The molecule has 13 nitrogen and oxygen atoms in total. The number of nitrogens with two attached hydrogens (primary N) is 3. The number of nitrogens with one attached hydrogen (secondary N) is 3. The number of carboxylic acid groups (broad SMARTS) is 1. The monoisotopic (exact) mass is 459 g/mol. The van der Waals surface area contributed by atoms with Gasteiger partial charge in [0.15, 0.2) is 12.0 Å². The predicted octanol–water partition coefficient (Wildman–Crippen LogP) is -2.65. The molecule has 0 aromatic rings. The number of rotatable bonds is 14. The fourth-order valence-corrected chi connectivity index (χ4v) is 2.66. The summed E-state index contributed by atoms with van der Waals surface area (Å²) in [5.41, 5.74) is 16.1. The highest BCUT2D eigenvalue weighted by atomic mass is 16.4. The van der Waals surface area contributed by atoms with Crippen molar-refractivity contribution in [2.45, 2.75) is 77.2 Å². The number of carboxylic acids is 1. The van der Waals surface area contributed by atoms with Crippen LogP contribution >= 0.6 is 0 Å². The van der Waals surface area contributed by atoms with Crippen LogP contribution in [0.5, 0.6) is 0 Å². The number of aliphatic hydroxyl groups is 1. The number of aliphatic carboxylic acids is 1. The zero-order chi connectivity index (χ0) is 25.0. The standard InChI is InChI=1S/C19H37N7O6/c1-5-9(2)13(25-15(28)10(3)20)17(30)24-12(7-6-8-23-19(21)22)16(29)26-14(11(4)27)18(31)32/h9-14,27H,5-8,20H2,1-4H3,(H,24,30)(H,25,28)(H,26,29)(H,31,32)(H4,21,22,23). The third-order valence-corrected chi connectivity index (χ3v) is 4.83. The van der Waals surface area contributed by atoms with E-state index < -0.39 is 54.0 Å². The molecule has 13 heteroatoms. The van der Waals surface area contributed by atoms with E-state index >= 15 is 0 Å². The summed E-state index contributed by atoms with van der Waals surface area (Å²) >= 11 is 0. The van der Waals surface area contributed by atoms with Crippen LogP contribution in [0.1, 0.15) is 47.0 Å². The van der Waals surface area contributed by atoms with E-state index in [1.807, 2.05) is 6.92 Å². The molecule has 0 heterocycles. The zero-order valence-electron chi connectivity index (χ0n) is 19.0. The first-order valence-electron chi connectivity index (χ1n) is 10.4. The fourth-order valence-electron chi connectivity index (χ4n) is 2.66. The lowest BCUT2D eigenvalue weighted by Gasteiger charge is -2.28. The summed E-state index contributed by atoms with van der Waals surface area (Å²) in [6.45, 7) is 6.46. The van der Waals surface area contributed by atoms with Gasteiger partial charge in [-0.2, -0.15) is 0 Å². The van der Waals surface area contributed by atoms with Crippen LogP contribution in [0.25, 0.3) is 0 Å². The first-order chi connectivity index (χ1) is 14.8. The molecule has 0 rings (SSSR count). The summed E-state index contributed by atoms with van der Waals surface area (Å²) in [5.74, 6) is -3.80. The molecule has 0 saturated heterocycles. The highest BCUT2D eigenvalue weighted by molar-refractivity contribution is 5.94. The second kappa shape index (κ2) is 14.2. The van der Waals surface area contributed by atoms with Crippen LogP contribution in [-0.4, -0.2) is 76.7 Å². The molecule has 0 radical (unpaired) electrons. The number of hydrogen-bond acceptors (Lipinski definition) is 7. The van der Waals surface area contributed by atoms with E-state index in [4.69, 9.17) is 17.2 Å². The maximum atomic E-state index is 12.9. The van der Waals surface area contributed by atoms with Crippen LogP contribution in [0.3, 0.4) is 0 Å². The highest BCUT2D eigenvalue weighted by Gasteiger charge is 2.32. The number of carbonyl (C=O) groups is 4. The highest BCUT2D eigenvalue weighted by Crippen LogP contribution is 2.10. The van der Waals surface area contributed by atoms with E-state index in [9.17, 15) is 29.4 Å². The Kier molecular flexibility index (Phi) is 12.9. The molecule has 6 unspecified atom stereocenters. The number of nitrogens with zero attached hydrogens (tertiary/aromatic N) is 1. The Morgan fingerprint density at radius 1 is 0.938 bits per heavy atom. The van der Waals surface area contributed by atoms with Gasteiger partial charge in [0.05, 0.1) is 12.1 Å². The molecule has 0 aliphatic heterocycles. The van der Waals surface area contributed by atoms with Crippen molar-refractivity contribution in [3.8, 4) is 0 Å². The Morgan fingerprint density at radius 3 is 1.94 bits per heavy atom. The lowest BCUT2D eigenvalue weighted by molar-refractivity contribution is -0.145. The van der Waals surface area contributed by atoms with Crippen molar-refractivity contribution >= 4 is 29.7 Å². The van der Waals surface area contributed by atoms with Gasteiger partial charge in [-0.15, -0.1) is 0 Å². The van der Waals surface area contributed by atoms with Gasteiger partial charge < -0.3 is 43.4 Å². The normalized spacial score (nSPS) is 16.4. The largest absolute Gasteiger partial charge is 0.480 e. The van der Waals surface area contributed by atoms with Gasteiger partial charge in [-0.05, 0) is 32.6 Å². The minimum Gasteiger partial charge on any atom is -0.480 e. The van der Waals surface area contributed by atoms with Crippen molar-refractivity contribution in [1.29, 1.82) is 0 Å². The minimum absolute atomic E-state index is 0.0783. The van der Waals surface area contributed by atoms with Crippen LogP contribution in [0, 0.1) is 5.92 Å². The van der Waals surface area contributed by atoms with Crippen molar-refractivity contribution in [2.24, 2.45) is 28.1 Å². The summed E-state index contributed by atoms with van der Waals surface area (Å²) < 4.78 is 0. The number of aliphatic hydroxyl groups excluding tert-OH is 1. The van der Waals surface area contributed by atoms with Crippen molar-refractivity contribution in [1.82, 2.24) is 16.0 Å². The maximum Gasteiger partial charge on any atom is 0.328 e. The smallest absolute Gasteiger partial charge is 0.328 e. The molecule has 3 amide bonds. The van der Waals surface area contributed by atoms with Gasteiger partial charge >= 0.3 is 5.97 Å². The number of aliphatic imine (C=N–C) groups is 1. The Hall–Kier alpha value is -2.93. The van der Waals surface area contributed by atoms with Gasteiger partial charge in [-0.1, -0.05) is 20.3 Å². The molecule has 0 bridgehead atoms. The molecule has 0 aliphatic rings. The van der Waals surface area contributed by atoms with Crippen LogP contribution in [-0.2, 0) is 19.2 Å². The van der Waals surface area contributed by atoms with E-state index in [0.29, 0.717) is 12.8 Å². The second-order valence-corrected chi connectivity index (χ2v) is 7.74. The van der Waals surface area contributed by atoms with Gasteiger partial charge in [0.2, 0.25) is 17.7 Å². The predicted molar refractivity (Wildman–Crippen MR) is 118 cm³/mol. The van der Waals surface area contributed by atoms with E-state index in [0.717, 1.165) is 0 Å². The lowest BCUT2D eigenvalue weighted by atomic mass is 9.97. The molecule has 32 heavy (non-hydrogen) atoms. The van der Waals surface area contributed by atoms with Crippen molar-refractivity contribution in [3.63, 3.8) is 0 Å². The molecule has 184 valence electrons. The molecular formula is C19H37N7O6. The van der Waals surface area contributed by atoms with Crippen LogP contribution < -0.4 is 33.2 Å². The lowest BCUT2D eigenvalue weighted by Crippen LogP contribution is -2.59. The first-order valence-corrected chi connectivity index (χ1v) is 10.4. The minimum atomic E-state index is -1.57. The number of hydrogen-bond donors (Lipinski definition) is 8. The Morgan fingerprint density at radius 2 is 1.50 bits per heavy atom. The Balaban J connectivity index is 5.58. The number of carbonyl (C=O) groups excluding carboxylic acids is 3. The third-order valence-electron chi connectivity index (χ3n) is 4.83. The molecule has 0 aromatic heterocycles. The average molecular weight is 460 g/mol. The molecule has 6 atom stereocenters. The van der Waals surface area contributed by atoms with E-state index in [-0.39, 0.29) is 24.8 Å². The van der Waals surface area contributed by atoms with Crippen molar-refractivity contribution in [3.05, 3.63) is 0 Å². The second-order valence-electron chi connectivity index (χ2n) is 7.74. The quantitative estimate of drug-likeness (QED) is 0.0768. The summed E-state index contributed by atoms with van der Waals surface area (Å²) in [6, 6.07) is -4.52. The first kappa shape index (κ1) is 29.1. The van der Waals surface area contributed by atoms with Crippen LogP contribution in [0.4, 0.5) is 0 Å². The van der Waals surface area contributed by atoms with Crippen molar-refractivity contribution < 1.29 is 29.4 Å². The number of guanidine groups is 1.